The number of likely N-dealkylation sites (tertiary alicyclic amines) is 1. The van der Waals surface area contributed by atoms with Crippen LogP contribution in [-0.2, 0) is 14.8 Å². The number of nitrogens with one attached hydrogen (secondary N) is 2. The summed E-state index contributed by atoms with van der Waals surface area (Å²) in [7, 11) is -4.65. The van der Waals surface area contributed by atoms with Gasteiger partial charge in [0.2, 0.25) is 0 Å². The third-order valence-electron chi connectivity index (χ3n) is 7.09. The number of carbonyl (C=O) groups is 1. The van der Waals surface area contributed by atoms with Crippen molar-refractivity contribution in [3.05, 3.63) is 53.6 Å². The molecule has 2 fully saturated rings. The quantitative estimate of drug-likeness (QED) is 0.279. The van der Waals surface area contributed by atoms with Crippen LogP contribution in [0.5, 0.6) is 0 Å². The fourth-order valence-corrected chi connectivity index (χ4v) is 6.79. The summed E-state index contributed by atoms with van der Waals surface area (Å²) >= 11 is 1.37. The second kappa shape index (κ2) is 12.8. The molecule has 1 amide bonds. The molecule has 40 heavy (non-hydrogen) atoms. The number of rotatable bonds is 11. The second-order valence-electron chi connectivity index (χ2n) is 10.2. The molecule has 0 aromatic heterocycles. The van der Waals surface area contributed by atoms with E-state index >= 15 is 4.39 Å². The monoisotopic (exact) mass is 598 g/mol. The average molecular weight is 599 g/mol. The van der Waals surface area contributed by atoms with E-state index in [-0.39, 0.29) is 29.9 Å². The Balaban J connectivity index is 1.51. The smallest absolute Gasteiger partial charge is 0.271 e. The maximum absolute atomic E-state index is 15.3. The Morgan fingerprint density at radius 3 is 2.45 bits per heavy atom. The van der Waals surface area contributed by atoms with Crippen LogP contribution in [0.3, 0.4) is 0 Å². The normalized spacial score (nSPS) is 18.4. The van der Waals surface area contributed by atoms with Gasteiger partial charge >= 0.3 is 0 Å². The highest BCUT2D eigenvalue weighted by molar-refractivity contribution is 7.99. The van der Waals surface area contributed by atoms with Crippen molar-refractivity contribution in [2.24, 2.45) is 0 Å². The van der Waals surface area contributed by atoms with Crippen molar-refractivity contribution in [2.75, 3.05) is 30.7 Å². The van der Waals surface area contributed by atoms with Gasteiger partial charge in [0, 0.05) is 36.3 Å². The van der Waals surface area contributed by atoms with Crippen molar-refractivity contribution >= 4 is 33.4 Å². The van der Waals surface area contributed by atoms with Crippen LogP contribution < -0.4 is 10.0 Å². The first kappa shape index (κ1) is 30.1. The molecule has 2 N–H and O–H groups in total. The molecule has 0 radical (unpaired) electrons. The molecule has 216 valence electrons. The number of thioether (sulfide) groups is 1. The Hall–Kier alpha value is -2.82. The second-order valence-corrected chi connectivity index (χ2v) is 12.9. The molecule has 1 aliphatic carbocycles. The van der Waals surface area contributed by atoms with E-state index < -0.39 is 44.5 Å². The molecule has 1 aliphatic heterocycles. The van der Waals surface area contributed by atoms with Crippen LogP contribution in [0.15, 0.2) is 46.2 Å². The third kappa shape index (κ3) is 7.47. The minimum Gasteiger partial charge on any atom is -0.378 e. The van der Waals surface area contributed by atoms with Gasteiger partial charge in [-0.15, -0.1) is 11.8 Å². The molecule has 1 saturated heterocycles. The van der Waals surface area contributed by atoms with Gasteiger partial charge in [0.05, 0.1) is 16.1 Å². The first-order valence-corrected chi connectivity index (χ1v) is 15.5. The minimum absolute atomic E-state index is 0.101. The number of carbonyl (C=O) groups excluding carboxylic acids is 1. The van der Waals surface area contributed by atoms with Crippen molar-refractivity contribution in [1.29, 1.82) is 5.26 Å². The number of nitriles is 1. The van der Waals surface area contributed by atoms with Crippen molar-refractivity contribution in [3.8, 4) is 6.07 Å². The van der Waals surface area contributed by atoms with E-state index in [1.165, 1.54) is 23.9 Å². The van der Waals surface area contributed by atoms with E-state index in [2.05, 4.69) is 5.32 Å². The lowest BCUT2D eigenvalue weighted by Crippen LogP contribution is -2.49. The van der Waals surface area contributed by atoms with Crippen molar-refractivity contribution in [1.82, 2.24) is 9.62 Å². The van der Waals surface area contributed by atoms with E-state index in [9.17, 15) is 31.6 Å². The van der Waals surface area contributed by atoms with Crippen LogP contribution in [0.1, 0.15) is 44.1 Å². The van der Waals surface area contributed by atoms with Crippen molar-refractivity contribution in [3.63, 3.8) is 0 Å². The Morgan fingerprint density at radius 1 is 1.15 bits per heavy atom. The predicted molar refractivity (Wildman–Crippen MR) is 144 cm³/mol. The van der Waals surface area contributed by atoms with Crippen LogP contribution in [0, 0.1) is 23.0 Å². The van der Waals surface area contributed by atoms with Gasteiger partial charge < -0.3 is 5.32 Å². The Morgan fingerprint density at radius 2 is 1.82 bits per heavy atom. The van der Waals surface area contributed by atoms with Crippen LogP contribution in [0.25, 0.3) is 0 Å². The molecule has 4 rings (SSSR count). The molecule has 1 heterocycles. The number of amides is 1. The zero-order chi connectivity index (χ0) is 28.9. The predicted octanol–water partition coefficient (Wildman–Crippen LogP) is 4.93. The maximum Gasteiger partial charge on any atom is 0.271 e. The Kier molecular flexibility index (Phi) is 9.64. The highest BCUT2D eigenvalue weighted by atomic mass is 32.2. The summed E-state index contributed by atoms with van der Waals surface area (Å²) in [5, 5.41) is 12.7. The topological polar surface area (TPSA) is 102 Å². The number of nitrogens with zero attached hydrogens (tertiary/aromatic N) is 2. The maximum atomic E-state index is 15.3. The number of hydrogen-bond acceptors (Lipinski definition) is 7. The van der Waals surface area contributed by atoms with E-state index in [4.69, 9.17) is 0 Å². The zero-order valence-electron chi connectivity index (χ0n) is 21.6. The highest BCUT2D eigenvalue weighted by Crippen LogP contribution is 2.33. The number of halogens is 4. The largest absolute Gasteiger partial charge is 0.378 e. The number of hydrogen-bond donors (Lipinski definition) is 2. The van der Waals surface area contributed by atoms with Gasteiger partial charge in [0.25, 0.3) is 15.9 Å². The van der Waals surface area contributed by atoms with Gasteiger partial charge in [-0.3, -0.25) is 9.69 Å². The van der Waals surface area contributed by atoms with Crippen molar-refractivity contribution < 1.29 is 30.8 Å². The van der Waals surface area contributed by atoms with Gasteiger partial charge in [0.15, 0.2) is 5.67 Å². The summed E-state index contributed by atoms with van der Waals surface area (Å²) in [6.45, 7) is 1.11. The van der Waals surface area contributed by atoms with E-state index in [0.29, 0.717) is 50.7 Å². The summed E-state index contributed by atoms with van der Waals surface area (Å²) in [6, 6.07) is 8.81. The molecule has 7 nitrogen and oxygen atoms in total. The number of benzene rings is 2. The van der Waals surface area contributed by atoms with E-state index in [1.54, 1.807) is 22.9 Å². The molecule has 1 atom stereocenters. The molecule has 13 heteroatoms. The fourth-order valence-electron chi connectivity index (χ4n) is 4.74. The molecular weight excluding hydrogens is 568 g/mol. The molecule has 0 unspecified atom stereocenters. The lowest BCUT2D eigenvalue weighted by Gasteiger charge is -2.35. The number of alkyl halides is 2. The van der Waals surface area contributed by atoms with Crippen LogP contribution >= 0.6 is 11.8 Å². The van der Waals surface area contributed by atoms with E-state index in [1.807, 2.05) is 4.90 Å². The van der Waals surface area contributed by atoms with Gasteiger partial charge in [-0.25, -0.2) is 30.7 Å². The average Bonchev–Trinajstić information content (AvgIpc) is 2.90. The Bertz CT molecular complexity index is 1360. The molecule has 0 bridgehead atoms. The van der Waals surface area contributed by atoms with Gasteiger partial charge in [-0.05, 0) is 68.5 Å². The van der Waals surface area contributed by atoms with E-state index in [0.717, 1.165) is 17.4 Å². The standard InChI is InChI=1S/C27H30F4N4O3S2/c28-19-4-6-22(7-5-19)39-17-21(8-11-35-15-20(29)16-35)33-25-18(14-32)12-23(13-24(25)30)40(37,38)34-26(36)27(31)9-2-1-3-10-27/h4-7,12-13,20-21,33H,1-3,8-11,15-17H2,(H,34,36)/t21-/m1/s1. The number of anilines is 1. The van der Waals surface area contributed by atoms with Gasteiger partial charge in [0.1, 0.15) is 23.9 Å². The van der Waals surface area contributed by atoms with Crippen LogP contribution in [0.2, 0.25) is 0 Å². The van der Waals surface area contributed by atoms with Crippen LogP contribution in [0.4, 0.5) is 23.2 Å². The SMILES string of the molecule is N#Cc1cc(S(=O)(=O)NC(=O)C2(F)CCCCC2)cc(F)c1N[C@H](CCN1CC(F)C1)CSc1ccc(F)cc1. The zero-order valence-corrected chi connectivity index (χ0v) is 23.3. The van der Waals surface area contributed by atoms with Crippen LogP contribution in [-0.4, -0.2) is 62.5 Å². The molecule has 2 aromatic carbocycles. The summed E-state index contributed by atoms with van der Waals surface area (Å²) < 4.78 is 84.2. The van der Waals surface area contributed by atoms with Gasteiger partial charge in [-0.1, -0.05) is 6.42 Å². The summed E-state index contributed by atoms with van der Waals surface area (Å²) in [5.41, 5.74) is -2.86. The lowest BCUT2D eigenvalue weighted by atomic mass is 9.86. The lowest BCUT2D eigenvalue weighted by molar-refractivity contribution is -0.133. The third-order valence-corrected chi connectivity index (χ3v) is 9.58. The van der Waals surface area contributed by atoms with Crippen molar-refractivity contribution in [2.45, 2.75) is 66.2 Å². The Labute approximate surface area is 235 Å². The summed E-state index contributed by atoms with van der Waals surface area (Å²) in [6.07, 6.45) is 1.01. The summed E-state index contributed by atoms with van der Waals surface area (Å²) in [5.74, 6) is -2.33. The highest BCUT2D eigenvalue weighted by Gasteiger charge is 2.41. The molecule has 2 aliphatic rings. The number of sulfonamides is 1. The van der Waals surface area contributed by atoms with Gasteiger partial charge in [-0.2, -0.15) is 5.26 Å². The molecule has 1 saturated carbocycles. The minimum atomic E-state index is -4.65. The molecule has 0 spiro atoms. The summed E-state index contributed by atoms with van der Waals surface area (Å²) in [4.78, 5) is 14.4. The molecule has 2 aromatic rings. The first-order valence-electron chi connectivity index (χ1n) is 13.0. The molecular formula is C27H30F4N4O3S2. The first-order chi connectivity index (χ1) is 19.0. The fraction of sp³-hybridized carbons (Fsp3) is 0.481.